The molecule has 0 saturated heterocycles. The molecule has 0 fully saturated rings. The van der Waals surface area contributed by atoms with Crippen LogP contribution in [0.15, 0.2) is 24.8 Å². The van der Waals surface area contributed by atoms with Gasteiger partial charge in [0.15, 0.2) is 0 Å². The van der Waals surface area contributed by atoms with Gasteiger partial charge in [-0.15, -0.1) is 0 Å². The molecule has 7 heteroatoms. The molecule has 0 saturated carbocycles. The van der Waals surface area contributed by atoms with Crippen molar-refractivity contribution in [1.82, 2.24) is 19.7 Å². The summed E-state index contributed by atoms with van der Waals surface area (Å²) in [5.41, 5.74) is 3.63. The molecule has 2 aromatic heterocycles. The molecule has 0 atom stereocenters. The van der Waals surface area contributed by atoms with Crippen LogP contribution < -0.4 is 16.6 Å². The van der Waals surface area contributed by atoms with E-state index in [-0.39, 0.29) is 5.92 Å². The maximum atomic E-state index is 5.50. The zero-order chi connectivity index (χ0) is 14.4. The molecule has 0 unspecified atom stereocenters. The Balaban J connectivity index is 1.95. The third kappa shape index (κ3) is 3.45. The third-order valence-corrected chi connectivity index (χ3v) is 3.01. The standard InChI is InChI=1S/C13H21N7/c1-10(2)11-12(16-9-17-13(11)19-14)15-5-3-7-20-8-4-6-18-20/h4,6,8-10H,3,5,7,14H2,1-2H3,(H2,15,16,17,19). The number of hydrogen-bond donors (Lipinski definition) is 3. The molecule has 108 valence electrons. The van der Waals surface area contributed by atoms with Crippen molar-refractivity contribution >= 4 is 11.6 Å². The van der Waals surface area contributed by atoms with E-state index in [2.05, 4.69) is 39.7 Å². The van der Waals surface area contributed by atoms with E-state index < -0.39 is 0 Å². The zero-order valence-corrected chi connectivity index (χ0v) is 11.9. The average Bonchev–Trinajstić information content (AvgIpc) is 2.96. The quantitative estimate of drug-likeness (QED) is 0.403. The van der Waals surface area contributed by atoms with Gasteiger partial charge in [0.25, 0.3) is 0 Å². The topological polar surface area (TPSA) is 93.7 Å². The molecule has 20 heavy (non-hydrogen) atoms. The molecule has 2 rings (SSSR count). The molecule has 4 N–H and O–H groups in total. The molecule has 2 heterocycles. The molecule has 0 spiro atoms. The van der Waals surface area contributed by atoms with Gasteiger partial charge < -0.3 is 10.7 Å². The second-order valence-corrected chi connectivity index (χ2v) is 4.83. The lowest BCUT2D eigenvalue weighted by Gasteiger charge is -2.16. The molecule has 2 aromatic rings. The Kier molecular flexibility index (Phi) is 4.89. The van der Waals surface area contributed by atoms with Crippen LogP contribution in [0.5, 0.6) is 0 Å². The number of hydrogen-bond acceptors (Lipinski definition) is 6. The summed E-state index contributed by atoms with van der Waals surface area (Å²) < 4.78 is 1.91. The minimum absolute atomic E-state index is 0.288. The predicted octanol–water partition coefficient (Wildman–Crippen LogP) is 1.58. The maximum Gasteiger partial charge on any atom is 0.148 e. The summed E-state index contributed by atoms with van der Waals surface area (Å²) in [5, 5.41) is 7.51. The van der Waals surface area contributed by atoms with E-state index in [1.807, 2.05) is 16.9 Å². The van der Waals surface area contributed by atoms with Gasteiger partial charge in [-0.1, -0.05) is 13.8 Å². The number of hydrazine groups is 1. The first-order valence-corrected chi connectivity index (χ1v) is 6.75. The number of nitrogens with zero attached hydrogens (tertiary/aromatic N) is 4. The third-order valence-electron chi connectivity index (χ3n) is 3.01. The molecule has 0 bridgehead atoms. The Morgan fingerprint density at radius 2 is 2.10 bits per heavy atom. The monoisotopic (exact) mass is 275 g/mol. The van der Waals surface area contributed by atoms with Crippen LogP contribution in [0.3, 0.4) is 0 Å². The van der Waals surface area contributed by atoms with Crippen molar-refractivity contribution in [3.8, 4) is 0 Å². The summed E-state index contributed by atoms with van der Waals surface area (Å²) in [7, 11) is 0. The van der Waals surface area contributed by atoms with Crippen LogP contribution in [0.4, 0.5) is 11.6 Å². The highest BCUT2D eigenvalue weighted by atomic mass is 15.3. The molecule has 0 amide bonds. The zero-order valence-electron chi connectivity index (χ0n) is 11.9. The van der Waals surface area contributed by atoms with Crippen molar-refractivity contribution in [1.29, 1.82) is 0 Å². The first kappa shape index (κ1) is 14.3. The molecule has 0 aliphatic heterocycles. The van der Waals surface area contributed by atoms with E-state index in [0.717, 1.165) is 30.9 Å². The van der Waals surface area contributed by atoms with Crippen LogP contribution in [-0.2, 0) is 6.54 Å². The molecule has 0 aliphatic carbocycles. The molecule has 0 aromatic carbocycles. The van der Waals surface area contributed by atoms with Gasteiger partial charge >= 0.3 is 0 Å². The van der Waals surface area contributed by atoms with Gasteiger partial charge in [-0.2, -0.15) is 5.10 Å². The molecule has 7 nitrogen and oxygen atoms in total. The number of aromatic nitrogens is 4. The largest absolute Gasteiger partial charge is 0.370 e. The second-order valence-electron chi connectivity index (χ2n) is 4.83. The Labute approximate surface area is 118 Å². The van der Waals surface area contributed by atoms with Crippen LogP contribution in [0.25, 0.3) is 0 Å². The van der Waals surface area contributed by atoms with Crippen molar-refractivity contribution in [2.45, 2.75) is 32.7 Å². The smallest absolute Gasteiger partial charge is 0.148 e. The number of nitrogens with one attached hydrogen (secondary N) is 2. The van der Waals surface area contributed by atoms with Crippen molar-refractivity contribution in [3.63, 3.8) is 0 Å². The lowest BCUT2D eigenvalue weighted by atomic mass is 10.0. The van der Waals surface area contributed by atoms with Gasteiger partial charge in [0.1, 0.15) is 18.0 Å². The van der Waals surface area contributed by atoms with Crippen LogP contribution >= 0.6 is 0 Å². The summed E-state index contributed by atoms with van der Waals surface area (Å²) in [5.74, 6) is 7.29. The van der Waals surface area contributed by atoms with E-state index in [0.29, 0.717) is 5.82 Å². The van der Waals surface area contributed by atoms with E-state index >= 15 is 0 Å². The maximum absolute atomic E-state index is 5.50. The fourth-order valence-corrected chi connectivity index (χ4v) is 2.08. The highest BCUT2D eigenvalue weighted by Crippen LogP contribution is 2.27. The highest BCUT2D eigenvalue weighted by Gasteiger charge is 2.13. The second kappa shape index (κ2) is 6.85. The van der Waals surface area contributed by atoms with Gasteiger partial charge in [-0.25, -0.2) is 15.8 Å². The molecule has 0 aliphatic rings. The van der Waals surface area contributed by atoms with E-state index in [1.54, 1.807) is 6.20 Å². The first-order valence-electron chi connectivity index (χ1n) is 6.75. The Hall–Kier alpha value is -2.15. The minimum Gasteiger partial charge on any atom is -0.370 e. The molecular weight excluding hydrogens is 254 g/mol. The Bertz CT molecular complexity index is 522. The number of rotatable bonds is 7. The highest BCUT2D eigenvalue weighted by molar-refractivity contribution is 5.58. The fraction of sp³-hybridized carbons (Fsp3) is 0.462. The van der Waals surface area contributed by atoms with E-state index in [9.17, 15) is 0 Å². The summed E-state index contributed by atoms with van der Waals surface area (Å²) in [6.45, 7) is 5.88. The summed E-state index contributed by atoms with van der Waals surface area (Å²) in [4.78, 5) is 8.45. The van der Waals surface area contributed by atoms with Crippen LogP contribution in [-0.4, -0.2) is 26.3 Å². The van der Waals surface area contributed by atoms with E-state index in [4.69, 9.17) is 5.84 Å². The van der Waals surface area contributed by atoms with E-state index in [1.165, 1.54) is 6.33 Å². The van der Waals surface area contributed by atoms with Gasteiger partial charge in [0, 0.05) is 31.0 Å². The molecular formula is C13H21N7. The lowest BCUT2D eigenvalue weighted by molar-refractivity contribution is 0.591. The number of nitrogen functional groups attached to an aromatic ring is 1. The Morgan fingerprint density at radius 3 is 2.75 bits per heavy atom. The van der Waals surface area contributed by atoms with Crippen LogP contribution in [0.1, 0.15) is 31.7 Å². The lowest BCUT2D eigenvalue weighted by Crippen LogP contribution is -2.16. The summed E-state index contributed by atoms with van der Waals surface area (Å²) in [6.07, 6.45) is 6.22. The predicted molar refractivity (Wildman–Crippen MR) is 79.3 cm³/mol. The SMILES string of the molecule is CC(C)c1c(NN)ncnc1NCCCn1cccn1. The number of aryl methyl sites for hydroxylation is 1. The normalized spacial score (nSPS) is 10.8. The van der Waals surface area contributed by atoms with Crippen LogP contribution in [0, 0.1) is 0 Å². The van der Waals surface area contributed by atoms with Crippen molar-refractivity contribution < 1.29 is 0 Å². The first-order chi connectivity index (χ1) is 9.72. The van der Waals surface area contributed by atoms with Gasteiger partial charge in [-0.3, -0.25) is 4.68 Å². The van der Waals surface area contributed by atoms with Crippen LogP contribution in [0.2, 0.25) is 0 Å². The average molecular weight is 275 g/mol. The molecule has 0 radical (unpaired) electrons. The minimum atomic E-state index is 0.288. The Morgan fingerprint density at radius 1 is 1.30 bits per heavy atom. The number of nitrogens with two attached hydrogens (primary N) is 1. The van der Waals surface area contributed by atoms with Crippen molar-refractivity contribution in [2.24, 2.45) is 5.84 Å². The number of anilines is 2. The van der Waals surface area contributed by atoms with Crippen molar-refractivity contribution in [3.05, 3.63) is 30.4 Å². The van der Waals surface area contributed by atoms with Gasteiger partial charge in [-0.05, 0) is 18.4 Å². The van der Waals surface area contributed by atoms with Crippen molar-refractivity contribution in [2.75, 3.05) is 17.3 Å². The summed E-state index contributed by atoms with van der Waals surface area (Å²) in [6, 6.07) is 1.92. The summed E-state index contributed by atoms with van der Waals surface area (Å²) >= 11 is 0. The fourth-order valence-electron chi connectivity index (χ4n) is 2.08. The van der Waals surface area contributed by atoms with Gasteiger partial charge in [0.2, 0.25) is 0 Å². The van der Waals surface area contributed by atoms with Gasteiger partial charge in [0.05, 0.1) is 0 Å².